The van der Waals surface area contributed by atoms with Crippen molar-refractivity contribution in [3.05, 3.63) is 12.3 Å². The second-order valence-corrected chi connectivity index (χ2v) is 7.38. The van der Waals surface area contributed by atoms with Crippen LogP contribution in [-0.2, 0) is 19.7 Å². The predicted molar refractivity (Wildman–Crippen MR) is 57.5 cm³/mol. The van der Waals surface area contributed by atoms with Crippen LogP contribution in [0.2, 0.25) is 0 Å². The highest BCUT2D eigenvalue weighted by Gasteiger charge is 2.20. The minimum atomic E-state index is -3.58. The van der Waals surface area contributed by atoms with Gasteiger partial charge in [0.15, 0.2) is 14.9 Å². The molecule has 0 radical (unpaired) electrons. The fraction of sp³-hybridized carbons (Fsp3) is 0.500. The van der Waals surface area contributed by atoms with Crippen LogP contribution in [0.25, 0.3) is 0 Å². The van der Waals surface area contributed by atoms with E-state index in [1.165, 1.54) is 19.9 Å². The van der Waals surface area contributed by atoms with Gasteiger partial charge in [0.25, 0.3) is 0 Å². The lowest BCUT2D eigenvalue weighted by Gasteiger charge is -2.02. The van der Waals surface area contributed by atoms with Gasteiger partial charge >= 0.3 is 0 Å². The van der Waals surface area contributed by atoms with E-state index in [-0.39, 0.29) is 16.5 Å². The first-order valence-electron chi connectivity index (χ1n) is 4.62. The maximum atomic E-state index is 11.5. The third-order valence-corrected chi connectivity index (χ3v) is 5.10. The highest BCUT2D eigenvalue weighted by atomic mass is 32.2. The first kappa shape index (κ1) is 13.0. The molecule has 0 saturated carbocycles. The van der Waals surface area contributed by atoms with E-state index in [4.69, 9.17) is 0 Å². The van der Waals surface area contributed by atoms with Crippen LogP contribution in [-0.4, -0.2) is 38.3 Å². The molecule has 0 atom stereocenters. The second-order valence-electron chi connectivity index (χ2n) is 2.98. The van der Waals surface area contributed by atoms with Gasteiger partial charge in [-0.25, -0.2) is 26.8 Å². The Hall–Kier alpha value is -1.02. The average Bonchev–Trinajstić information content (AvgIpc) is 2.29. The normalized spacial score (nSPS) is 12.6. The molecule has 6 nitrogen and oxygen atoms in total. The second kappa shape index (κ2) is 4.46. The maximum absolute atomic E-state index is 11.5. The van der Waals surface area contributed by atoms with Gasteiger partial charge in [-0.15, -0.1) is 0 Å². The first-order chi connectivity index (χ1) is 7.33. The van der Waals surface area contributed by atoms with Crippen LogP contribution in [0, 0.1) is 0 Å². The van der Waals surface area contributed by atoms with Crippen molar-refractivity contribution >= 4 is 19.7 Å². The van der Waals surface area contributed by atoms with Gasteiger partial charge in [0.1, 0.15) is 0 Å². The van der Waals surface area contributed by atoms with Crippen LogP contribution in [0.4, 0.5) is 0 Å². The molecule has 0 aliphatic rings. The number of rotatable bonds is 4. The van der Waals surface area contributed by atoms with Crippen LogP contribution < -0.4 is 0 Å². The van der Waals surface area contributed by atoms with E-state index in [1.807, 2.05) is 0 Å². The molecule has 0 aliphatic carbocycles. The lowest BCUT2D eigenvalue weighted by molar-refractivity contribution is 0.580. The quantitative estimate of drug-likeness (QED) is 0.564. The minimum absolute atomic E-state index is 0.129. The Kier molecular flexibility index (Phi) is 3.64. The Morgan fingerprint density at radius 3 is 2.12 bits per heavy atom. The largest absolute Gasteiger partial charge is 0.248 e. The lowest BCUT2D eigenvalue weighted by atomic mass is 10.7. The minimum Gasteiger partial charge on any atom is -0.227 e. The van der Waals surface area contributed by atoms with Gasteiger partial charge in [-0.3, -0.25) is 0 Å². The lowest BCUT2D eigenvalue weighted by Crippen LogP contribution is -2.13. The number of hydrogen-bond acceptors (Lipinski definition) is 6. The third kappa shape index (κ3) is 2.56. The SMILES string of the molecule is CCS(=O)(=O)c1ccnc(S(=O)(=O)CC)n1. The first-order valence-corrected chi connectivity index (χ1v) is 7.92. The van der Waals surface area contributed by atoms with Crippen molar-refractivity contribution in [2.45, 2.75) is 24.0 Å². The zero-order valence-corrected chi connectivity index (χ0v) is 10.5. The molecule has 1 heterocycles. The molecule has 0 saturated heterocycles. The van der Waals surface area contributed by atoms with Crippen molar-refractivity contribution in [1.29, 1.82) is 0 Å². The molecule has 16 heavy (non-hydrogen) atoms. The summed E-state index contributed by atoms with van der Waals surface area (Å²) >= 11 is 0. The van der Waals surface area contributed by atoms with Crippen molar-refractivity contribution in [3.8, 4) is 0 Å². The van der Waals surface area contributed by atoms with Gasteiger partial charge in [-0.05, 0) is 6.07 Å². The topological polar surface area (TPSA) is 94.1 Å². The molecule has 0 bridgehead atoms. The number of hydrogen-bond donors (Lipinski definition) is 0. The number of sulfone groups is 2. The van der Waals surface area contributed by atoms with Gasteiger partial charge < -0.3 is 0 Å². The smallest absolute Gasteiger partial charge is 0.227 e. The number of aromatic nitrogens is 2. The molecular weight excluding hydrogens is 252 g/mol. The van der Waals surface area contributed by atoms with Crippen molar-refractivity contribution in [3.63, 3.8) is 0 Å². The zero-order valence-electron chi connectivity index (χ0n) is 8.91. The van der Waals surface area contributed by atoms with Gasteiger partial charge in [0.2, 0.25) is 15.0 Å². The summed E-state index contributed by atoms with van der Waals surface area (Å²) in [6, 6.07) is 1.19. The third-order valence-electron chi connectivity index (χ3n) is 1.96. The highest BCUT2D eigenvalue weighted by Crippen LogP contribution is 2.10. The molecule has 8 heteroatoms. The molecule has 0 N–H and O–H groups in total. The number of nitrogens with zero attached hydrogens (tertiary/aromatic N) is 2. The molecule has 1 rings (SSSR count). The molecule has 1 aromatic rings. The molecule has 0 amide bonds. The summed E-state index contributed by atoms with van der Waals surface area (Å²) in [5.41, 5.74) is 0. The summed E-state index contributed by atoms with van der Waals surface area (Å²) in [6.07, 6.45) is 1.14. The van der Waals surface area contributed by atoms with E-state index in [1.54, 1.807) is 0 Å². The van der Waals surface area contributed by atoms with Crippen LogP contribution in [0.15, 0.2) is 22.4 Å². The monoisotopic (exact) mass is 264 g/mol. The summed E-state index contributed by atoms with van der Waals surface area (Å²) in [6.45, 7) is 2.91. The Morgan fingerprint density at radius 1 is 1.06 bits per heavy atom. The van der Waals surface area contributed by atoms with Crippen molar-refractivity contribution in [2.75, 3.05) is 11.5 Å². The van der Waals surface area contributed by atoms with E-state index in [0.717, 1.165) is 6.20 Å². The highest BCUT2D eigenvalue weighted by molar-refractivity contribution is 7.91. The molecule has 0 aromatic carbocycles. The van der Waals surface area contributed by atoms with E-state index in [0.29, 0.717) is 0 Å². The van der Waals surface area contributed by atoms with Gasteiger partial charge in [-0.1, -0.05) is 13.8 Å². The van der Waals surface area contributed by atoms with Gasteiger partial charge in [-0.2, -0.15) is 0 Å². The van der Waals surface area contributed by atoms with Crippen LogP contribution in [0.5, 0.6) is 0 Å². The Labute approximate surface area is 94.6 Å². The summed E-state index contributed by atoms with van der Waals surface area (Å²) in [7, 11) is -7.08. The van der Waals surface area contributed by atoms with E-state index in [9.17, 15) is 16.8 Å². The van der Waals surface area contributed by atoms with E-state index >= 15 is 0 Å². The molecule has 0 spiro atoms. The van der Waals surface area contributed by atoms with E-state index < -0.39 is 24.8 Å². The molecule has 0 aliphatic heterocycles. The molecular formula is C8H12N2O4S2. The molecule has 1 aromatic heterocycles. The van der Waals surface area contributed by atoms with Crippen LogP contribution in [0.1, 0.15) is 13.8 Å². The fourth-order valence-electron chi connectivity index (χ4n) is 0.925. The fourth-order valence-corrected chi connectivity index (χ4v) is 2.49. The van der Waals surface area contributed by atoms with Crippen LogP contribution >= 0.6 is 0 Å². The standard InChI is InChI=1S/C8H12N2O4S2/c1-3-15(11,12)7-5-6-9-8(10-7)16(13,14)4-2/h5-6H,3-4H2,1-2H3. The summed E-state index contributed by atoms with van der Waals surface area (Å²) < 4.78 is 45.9. The van der Waals surface area contributed by atoms with Gasteiger partial charge in [0, 0.05) is 6.20 Å². The zero-order chi connectivity index (χ0) is 12.4. The van der Waals surface area contributed by atoms with Gasteiger partial charge in [0.05, 0.1) is 11.5 Å². The summed E-state index contributed by atoms with van der Waals surface area (Å²) in [4.78, 5) is 7.14. The Balaban J connectivity index is 3.37. The van der Waals surface area contributed by atoms with Crippen molar-refractivity contribution in [2.24, 2.45) is 0 Å². The van der Waals surface area contributed by atoms with Crippen molar-refractivity contribution in [1.82, 2.24) is 9.97 Å². The summed E-state index contributed by atoms with van der Waals surface area (Å²) in [5, 5.41) is -0.693. The van der Waals surface area contributed by atoms with Crippen LogP contribution in [0.3, 0.4) is 0 Å². The predicted octanol–water partition coefficient (Wildman–Crippen LogP) is 0.0638. The maximum Gasteiger partial charge on any atom is 0.248 e. The molecule has 0 unspecified atom stereocenters. The molecule has 90 valence electrons. The van der Waals surface area contributed by atoms with E-state index in [2.05, 4.69) is 9.97 Å². The Bertz CT molecular complexity index is 529. The summed E-state index contributed by atoms with van der Waals surface area (Å²) in [5.74, 6) is -0.293. The average molecular weight is 264 g/mol. The van der Waals surface area contributed by atoms with Crippen molar-refractivity contribution < 1.29 is 16.8 Å². The molecule has 0 fully saturated rings. The Morgan fingerprint density at radius 2 is 1.62 bits per heavy atom.